The molecule has 1 saturated carbocycles. The van der Waals surface area contributed by atoms with E-state index in [0.29, 0.717) is 12.5 Å². The summed E-state index contributed by atoms with van der Waals surface area (Å²) in [6.07, 6.45) is 5.33. The van der Waals surface area contributed by atoms with Crippen LogP contribution in [0.25, 0.3) is 0 Å². The van der Waals surface area contributed by atoms with Gasteiger partial charge < -0.3 is 5.32 Å². The molecule has 1 N–H and O–H groups in total. The third kappa shape index (κ3) is 3.03. The van der Waals surface area contributed by atoms with Gasteiger partial charge in [0, 0.05) is 25.5 Å². The standard InChI is InChI=1S/C17H20FN3O/c1-13(12-21-10-2-9-20-21)11-19-16(22)17(7-8-17)14-3-5-15(18)6-4-14/h2-6,9-10,13H,7-8,11-12H2,1H3,(H,19,22)/t13-/m0/s1. The third-order valence-corrected chi connectivity index (χ3v) is 4.25. The van der Waals surface area contributed by atoms with Gasteiger partial charge in [-0.15, -0.1) is 0 Å². The van der Waals surface area contributed by atoms with Crippen LogP contribution in [-0.4, -0.2) is 22.2 Å². The second-order valence-electron chi connectivity index (χ2n) is 6.13. The molecule has 0 aliphatic heterocycles. The second kappa shape index (κ2) is 5.91. The number of carbonyl (C=O) groups is 1. The van der Waals surface area contributed by atoms with Crippen molar-refractivity contribution in [2.24, 2.45) is 5.92 Å². The van der Waals surface area contributed by atoms with Gasteiger partial charge in [-0.3, -0.25) is 9.48 Å². The average molecular weight is 301 g/mol. The summed E-state index contributed by atoms with van der Waals surface area (Å²) in [5.41, 5.74) is 0.463. The van der Waals surface area contributed by atoms with Crippen molar-refractivity contribution in [1.82, 2.24) is 15.1 Å². The molecule has 1 aliphatic carbocycles. The monoisotopic (exact) mass is 301 g/mol. The number of rotatable bonds is 6. The second-order valence-corrected chi connectivity index (χ2v) is 6.13. The lowest BCUT2D eigenvalue weighted by atomic mass is 9.95. The van der Waals surface area contributed by atoms with Crippen LogP contribution in [0.3, 0.4) is 0 Å². The van der Waals surface area contributed by atoms with Gasteiger partial charge in [-0.25, -0.2) is 4.39 Å². The van der Waals surface area contributed by atoms with Crippen LogP contribution in [0.15, 0.2) is 42.7 Å². The van der Waals surface area contributed by atoms with Gasteiger partial charge in [0.25, 0.3) is 0 Å². The molecule has 22 heavy (non-hydrogen) atoms. The summed E-state index contributed by atoms with van der Waals surface area (Å²) in [7, 11) is 0. The van der Waals surface area contributed by atoms with Crippen LogP contribution in [-0.2, 0) is 16.8 Å². The van der Waals surface area contributed by atoms with E-state index in [9.17, 15) is 9.18 Å². The number of carbonyl (C=O) groups excluding carboxylic acids is 1. The molecule has 0 saturated heterocycles. The Balaban J connectivity index is 1.56. The number of benzene rings is 1. The van der Waals surface area contributed by atoms with Gasteiger partial charge in [0.15, 0.2) is 0 Å². The molecule has 3 rings (SSSR count). The molecule has 0 bridgehead atoms. The van der Waals surface area contributed by atoms with Gasteiger partial charge >= 0.3 is 0 Å². The van der Waals surface area contributed by atoms with Crippen molar-refractivity contribution < 1.29 is 9.18 Å². The minimum absolute atomic E-state index is 0.0476. The largest absolute Gasteiger partial charge is 0.355 e. The summed E-state index contributed by atoms with van der Waals surface area (Å²) in [5.74, 6) is 0.0760. The number of hydrogen-bond donors (Lipinski definition) is 1. The van der Waals surface area contributed by atoms with E-state index in [1.807, 2.05) is 16.9 Å². The lowest BCUT2D eigenvalue weighted by Crippen LogP contribution is -2.38. The highest BCUT2D eigenvalue weighted by Gasteiger charge is 2.51. The third-order valence-electron chi connectivity index (χ3n) is 4.25. The molecular weight excluding hydrogens is 281 g/mol. The van der Waals surface area contributed by atoms with Gasteiger partial charge in [0.1, 0.15) is 5.82 Å². The van der Waals surface area contributed by atoms with E-state index in [1.165, 1.54) is 12.1 Å². The average Bonchev–Trinajstić information content (AvgIpc) is 3.17. The van der Waals surface area contributed by atoms with E-state index in [2.05, 4.69) is 17.3 Å². The summed E-state index contributed by atoms with van der Waals surface area (Å²) in [4.78, 5) is 12.5. The number of amides is 1. The Morgan fingerprint density at radius 2 is 2.14 bits per heavy atom. The number of halogens is 1. The summed E-state index contributed by atoms with van der Waals surface area (Å²) >= 11 is 0. The fraction of sp³-hybridized carbons (Fsp3) is 0.412. The topological polar surface area (TPSA) is 46.9 Å². The van der Waals surface area contributed by atoms with E-state index in [-0.39, 0.29) is 11.7 Å². The number of nitrogens with zero attached hydrogens (tertiary/aromatic N) is 2. The lowest BCUT2D eigenvalue weighted by molar-refractivity contribution is -0.123. The zero-order valence-electron chi connectivity index (χ0n) is 12.6. The molecule has 1 amide bonds. The molecule has 116 valence electrons. The normalized spacial score (nSPS) is 17.0. The smallest absolute Gasteiger partial charge is 0.230 e. The van der Waals surface area contributed by atoms with Crippen molar-refractivity contribution in [1.29, 1.82) is 0 Å². The van der Waals surface area contributed by atoms with Crippen molar-refractivity contribution in [2.45, 2.75) is 31.7 Å². The van der Waals surface area contributed by atoms with Crippen molar-refractivity contribution in [2.75, 3.05) is 6.54 Å². The Labute approximate surface area is 129 Å². The van der Waals surface area contributed by atoms with Crippen LogP contribution >= 0.6 is 0 Å². The molecule has 4 nitrogen and oxygen atoms in total. The van der Waals surface area contributed by atoms with Crippen molar-refractivity contribution in [3.63, 3.8) is 0 Å². The summed E-state index contributed by atoms with van der Waals surface area (Å²) in [6.45, 7) is 3.47. The predicted molar refractivity (Wildman–Crippen MR) is 81.7 cm³/mol. The molecule has 5 heteroatoms. The Morgan fingerprint density at radius 1 is 1.41 bits per heavy atom. The lowest BCUT2D eigenvalue weighted by Gasteiger charge is -2.18. The Kier molecular flexibility index (Phi) is 3.96. The summed E-state index contributed by atoms with van der Waals surface area (Å²) in [5, 5.41) is 7.21. The molecule has 1 aromatic carbocycles. The van der Waals surface area contributed by atoms with Crippen LogP contribution in [0, 0.1) is 11.7 Å². The van der Waals surface area contributed by atoms with Crippen LogP contribution < -0.4 is 5.32 Å². The minimum atomic E-state index is -0.445. The van der Waals surface area contributed by atoms with Crippen molar-refractivity contribution >= 4 is 5.91 Å². The summed E-state index contributed by atoms with van der Waals surface area (Å²) in [6, 6.07) is 8.16. The van der Waals surface area contributed by atoms with Crippen LogP contribution in [0.1, 0.15) is 25.3 Å². The van der Waals surface area contributed by atoms with Crippen molar-refractivity contribution in [3.8, 4) is 0 Å². The van der Waals surface area contributed by atoms with Crippen molar-refractivity contribution in [3.05, 3.63) is 54.1 Å². The van der Waals surface area contributed by atoms with E-state index < -0.39 is 5.41 Å². The molecule has 1 fully saturated rings. The fourth-order valence-electron chi connectivity index (χ4n) is 2.77. The first-order chi connectivity index (χ1) is 10.6. The number of aromatic nitrogens is 2. The first-order valence-electron chi connectivity index (χ1n) is 7.62. The Bertz CT molecular complexity index is 632. The molecule has 1 aliphatic rings. The highest BCUT2D eigenvalue weighted by atomic mass is 19.1. The highest BCUT2D eigenvalue weighted by molar-refractivity contribution is 5.91. The van der Waals surface area contributed by atoms with E-state index in [1.54, 1.807) is 18.3 Å². The minimum Gasteiger partial charge on any atom is -0.355 e. The van der Waals surface area contributed by atoms with E-state index in [4.69, 9.17) is 0 Å². The Hall–Kier alpha value is -2.17. The maximum atomic E-state index is 13.0. The number of nitrogens with one attached hydrogen (secondary N) is 1. The number of hydrogen-bond acceptors (Lipinski definition) is 2. The predicted octanol–water partition coefficient (Wildman–Crippen LogP) is 2.51. The molecule has 0 radical (unpaired) electrons. The first kappa shape index (κ1) is 14.8. The highest BCUT2D eigenvalue weighted by Crippen LogP contribution is 2.48. The van der Waals surface area contributed by atoms with Crippen LogP contribution in [0.5, 0.6) is 0 Å². The quantitative estimate of drug-likeness (QED) is 0.891. The van der Waals surface area contributed by atoms with E-state index >= 15 is 0 Å². The maximum absolute atomic E-state index is 13.0. The van der Waals surface area contributed by atoms with Crippen LogP contribution in [0.4, 0.5) is 4.39 Å². The molecule has 0 spiro atoms. The maximum Gasteiger partial charge on any atom is 0.230 e. The fourth-order valence-corrected chi connectivity index (χ4v) is 2.77. The molecule has 1 heterocycles. The zero-order chi connectivity index (χ0) is 15.6. The van der Waals surface area contributed by atoms with Gasteiger partial charge in [-0.1, -0.05) is 19.1 Å². The van der Waals surface area contributed by atoms with Gasteiger partial charge in [0.2, 0.25) is 5.91 Å². The van der Waals surface area contributed by atoms with Gasteiger partial charge in [-0.2, -0.15) is 5.10 Å². The van der Waals surface area contributed by atoms with Gasteiger partial charge in [0.05, 0.1) is 5.41 Å². The first-order valence-corrected chi connectivity index (χ1v) is 7.62. The molecule has 1 atom stereocenters. The molecule has 2 aromatic rings. The zero-order valence-corrected chi connectivity index (χ0v) is 12.6. The van der Waals surface area contributed by atoms with E-state index in [0.717, 1.165) is 24.9 Å². The summed E-state index contributed by atoms with van der Waals surface area (Å²) < 4.78 is 14.9. The van der Waals surface area contributed by atoms with Crippen LogP contribution in [0.2, 0.25) is 0 Å². The molecule has 0 unspecified atom stereocenters. The Morgan fingerprint density at radius 3 is 2.73 bits per heavy atom. The molecular formula is C17H20FN3O. The SMILES string of the molecule is C[C@@H](CNC(=O)C1(c2ccc(F)cc2)CC1)Cn1cccn1. The molecule has 1 aromatic heterocycles. The van der Waals surface area contributed by atoms with Gasteiger partial charge in [-0.05, 0) is 42.5 Å².